The summed E-state index contributed by atoms with van der Waals surface area (Å²) in [5, 5.41) is 14.2. The topological polar surface area (TPSA) is 36.8 Å². The molecular weight excluding hydrogens is 366 g/mol. The van der Waals surface area contributed by atoms with Crippen LogP contribution in [0.25, 0.3) is 0 Å². The average molecular weight is 397 g/mol. The highest BCUT2D eigenvalue weighted by Gasteiger charge is 2.48. The number of aliphatic hydroxyl groups is 1. The van der Waals surface area contributed by atoms with E-state index in [1.54, 1.807) is 0 Å². The first-order valence-electron chi connectivity index (χ1n) is 10.7. The van der Waals surface area contributed by atoms with Gasteiger partial charge >= 0.3 is 0 Å². The number of benzene rings is 3. The molecule has 30 heavy (non-hydrogen) atoms. The average Bonchev–Trinajstić information content (AvgIpc) is 2.76. The van der Waals surface area contributed by atoms with E-state index in [1.807, 2.05) is 30.3 Å². The van der Waals surface area contributed by atoms with Crippen molar-refractivity contribution in [1.82, 2.24) is 0 Å². The lowest BCUT2D eigenvalue weighted by molar-refractivity contribution is -0.755. The van der Waals surface area contributed by atoms with Crippen LogP contribution in [0.2, 0.25) is 0 Å². The first-order chi connectivity index (χ1) is 14.4. The Morgan fingerprint density at radius 2 is 1.40 bits per heavy atom. The summed E-state index contributed by atoms with van der Waals surface area (Å²) < 4.78 is 0. The van der Waals surface area contributed by atoms with Crippen LogP contribution in [0.1, 0.15) is 53.2 Å². The molecule has 1 aliphatic rings. The van der Waals surface area contributed by atoms with Gasteiger partial charge in [-0.05, 0) is 26.0 Å². The highest BCUT2D eigenvalue weighted by Crippen LogP contribution is 2.38. The summed E-state index contributed by atoms with van der Waals surface area (Å²) in [6, 6.07) is 27.6. The Morgan fingerprint density at radius 3 is 2.00 bits per heavy atom. The van der Waals surface area contributed by atoms with Crippen LogP contribution in [-0.4, -0.2) is 10.7 Å². The van der Waals surface area contributed by atoms with Gasteiger partial charge in [-0.25, -0.2) is 0 Å². The lowest BCUT2D eigenvalue weighted by Crippen LogP contribution is -2.91. The molecule has 0 aliphatic carbocycles. The van der Waals surface area contributed by atoms with Crippen LogP contribution in [0.15, 0.2) is 78.9 Å². The van der Waals surface area contributed by atoms with Gasteiger partial charge in [-0.2, -0.15) is 0 Å². The van der Waals surface area contributed by atoms with Crippen molar-refractivity contribution in [2.45, 2.75) is 44.9 Å². The van der Waals surface area contributed by atoms with Crippen molar-refractivity contribution in [3.05, 3.63) is 107 Å². The predicted molar refractivity (Wildman–Crippen MR) is 122 cm³/mol. The van der Waals surface area contributed by atoms with Crippen molar-refractivity contribution in [1.29, 1.82) is 0 Å². The summed E-state index contributed by atoms with van der Waals surface area (Å²) >= 11 is 0. The maximum absolute atomic E-state index is 11.8. The minimum Gasteiger partial charge on any atom is -0.377 e. The summed E-state index contributed by atoms with van der Waals surface area (Å²) in [6.45, 7) is 6.34. The first-order valence-corrected chi connectivity index (χ1v) is 10.7. The number of hydrogen-bond acceptors (Lipinski definition) is 1. The number of rotatable bonds is 2. The second-order valence-electron chi connectivity index (χ2n) is 8.68. The lowest BCUT2D eigenvalue weighted by atomic mass is 9.72. The van der Waals surface area contributed by atoms with Crippen molar-refractivity contribution in [3.63, 3.8) is 0 Å². The van der Waals surface area contributed by atoms with Crippen molar-refractivity contribution in [2.75, 3.05) is 0 Å². The van der Waals surface area contributed by atoms with Crippen LogP contribution in [-0.2, 0) is 0 Å². The molecule has 2 heteroatoms. The minimum absolute atomic E-state index is 0.00174. The van der Waals surface area contributed by atoms with Crippen molar-refractivity contribution < 1.29 is 10.4 Å². The summed E-state index contributed by atoms with van der Waals surface area (Å²) in [7, 11) is 0. The molecule has 0 amide bonds. The van der Waals surface area contributed by atoms with E-state index in [2.05, 4.69) is 86.5 Å². The van der Waals surface area contributed by atoms with Crippen molar-refractivity contribution in [3.8, 4) is 11.8 Å². The Hall–Kier alpha value is -2.86. The molecule has 0 saturated carbocycles. The van der Waals surface area contributed by atoms with Gasteiger partial charge in [0.2, 0.25) is 0 Å². The minimum atomic E-state index is -1.06. The van der Waals surface area contributed by atoms with Gasteiger partial charge in [0.1, 0.15) is 17.7 Å². The van der Waals surface area contributed by atoms with E-state index < -0.39 is 5.60 Å². The van der Waals surface area contributed by atoms with Gasteiger partial charge in [-0.3, -0.25) is 0 Å². The molecule has 1 fully saturated rings. The predicted octanol–water partition coefficient (Wildman–Crippen LogP) is 4.47. The fraction of sp³-hybridized carbons (Fsp3) is 0.286. The van der Waals surface area contributed by atoms with Crippen molar-refractivity contribution in [2.24, 2.45) is 5.92 Å². The molecule has 3 N–H and O–H groups in total. The molecule has 0 aromatic heterocycles. The molecule has 4 atom stereocenters. The van der Waals surface area contributed by atoms with E-state index >= 15 is 0 Å². The standard InChI is InChI=1S/C28H29NO/c1-20-9-13-24(14-10-20)26-19-28(30,18-17-23-7-5-4-6-8-23)22(3)27(29-26)25-15-11-21(2)12-16-25/h4-16,22,26-27,29-30H,19H2,1-3H3/p+1. The zero-order valence-corrected chi connectivity index (χ0v) is 18.0. The van der Waals surface area contributed by atoms with Gasteiger partial charge in [0.25, 0.3) is 0 Å². The number of quaternary nitrogens is 1. The highest BCUT2D eigenvalue weighted by molar-refractivity contribution is 5.38. The van der Waals surface area contributed by atoms with Gasteiger partial charge in [-0.15, -0.1) is 0 Å². The Morgan fingerprint density at radius 1 is 0.833 bits per heavy atom. The third kappa shape index (κ3) is 4.33. The summed E-state index contributed by atoms with van der Waals surface area (Å²) in [4.78, 5) is 0. The van der Waals surface area contributed by atoms with Crippen LogP contribution in [0.4, 0.5) is 0 Å². The van der Waals surface area contributed by atoms with E-state index in [9.17, 15) is 5.11 Å². The molecule has 0 bridgehead atoms. The molecular formula is C28H30NO+. The molecule has 3 aromatic rings. The van der Waals surface area contributed by atoms with E-state index in [4.69, 9.17) is 0 Å². The summed E-state index contributed by atoms with van der Waals surface area (Å²) in [5.74, 6) is 6.50. The quantitative estimate of drug-likeness (QED) is 0.616. The zero-order valence-electron chi connectivity index (χ0n) is 18.0. The zero-order chi connectivity index (χ0) is 21.1. The molecule has 0 radical (unpaired) electrons. The Kier molecular flexibility index (Phi) is 5.77. The van der Waals surface area contributed by atoms with Gasteiger partial charge in [0, 0.05) is 23.1 Å². The van der Waals surface area contributed by atoms with Crippen molar-refractivity contribution >= 4 is 0 Å². The SMILES string of the molecule is Cc1ccc(C2CC(O)(C#Cc3ccccc3)C(C)C(c3ccc(C)cc3)[NH2+]2)cc1. The lowest BCUT2D eigenvalue weighted by Gasteiger charge is -2.42. The van der Waals surface area contributed by atoms with Gasteiger partial charge < -0.3 is 10.4 Å². The van der Waals surface area contributed by atoms with Crippen LogP contribution in [0, 0.1) is 31.6 Å². The molecule has 152 valence electrons. The second kappa shape index (κ2) is 8.48. The molecule has 4 rings (SSSR count). The summed E-state index contributed by atoms with van der Waals surface area (Å²) in [6.07, 6.45) is 0.611. The number of aryl methyl sites for hydroxylation is 2. The highest BCUT2D eigenvalue weighted by atomic mass is 16.3. The smallest absolute Gasteiger partial charge is 0.140 e. The summed E-state index contributed by atoms with van der Waals surface area (Å²) in [5.41, 5.74) is 4.85. The van der Waals surface area contributed by atoms with Crippen LogP contribution >= 0.6 is 0 Å². The number of piperidine rings is 1. The van der Waals surface area contributed by atoms with E-state index in [0.717, 1.165) is 5.56 Å². The molecule has 4 unspecified atom stereocenters. The second-order valence-corrected chi connectivity index (χ2v) is 8.68. The Balaban J connectivity index is 1.73. The van der Waals surface area contributed by atoms with Gasteiger partial charge in [0.15, 0.2) is 0 Å². The third-order valence-electron chi connectivity index (χ3n) is 6.43. The number of nitrogens with two attached hydrogens (primary N) is 1. The molecule has 1 heterocycles. The first kappa shape index (κ1) is 20.4. The van der Waals surface area contributed by atoms with Crippen LogP contribution in [0.3, 0.4) is 0 Å². The Bertz CT molecular complexity index is 1040. The third-order valence-corrected chi connectivity index (χ3v) is 6.43. The molecule has 3 aromatic carbocycles. The molecule has 2 nitrogen and oxygen atoms in total. The maximum atomic E-state index is 11.8. The van der Waals surface area contributed by atoms with Crippen LogP contribution in [0.5, 0.6) is 0 Å². The van der Waals surface area contributed by atoms with E-state index in [-0.39, 0.29) is 18.0 Å². The maximum Gasteiger partial charge on any atom is 0.140 e. The molecule has 1 aliphatic heterocycles. The normalized spacial score (nSPS) is 25.9. The van der Waals surface area contributed by atoms with E-state index in [0.29, 0.717) is 6.42 Å². The van der Waals surface area contributed by atoms with Gasteiger partial charge in [0.05, 0.1) is 5.92 Å². The van der Waals surface area contributed by atoms with Crippen LogP contribution < -0.4 is 5.32 Å². The number of hydrogen-bond donors (Lipinski definition) is 2. The fourth-order valence-corrected chi connectivity index (χ4v) is 4.40. The monoisotopic (exact) mass is 396 g/mol. The molecule has 1 saturated heterocycles. The van der Waals surface area contributed by atoms with E-state index in [1.165, 1.54) is 22.3 Å². The largest absolute Gasteiger partial charge is 0.377 e. The van der Waals surface area contributed by atoms with Gasteiger partial charge in [-0.1, -0.05) is 96.6 Å². The Labute approximate surface area is 180 Å². The fourth-order valence-electron chi connectivity index (χ4n) is 4.40. The molecule has 0 spiro atoms.